The molecule has 10 heteroatoms. The number of nitrogens with one attached hydrogen (secondary N) is 1. The smallest absolute Gasteiger partial charge is 0.413 e. The van der Waals surface area contributed by atoms with E-state index in [9.17, 15) is 19.8 Å². The molecule has 0 aliphatic rings. The van der Waals surface area contributed by atoms with Crippen LogP contribution in [0.4, 0.5) is 22.0 Å². The van der Waals surface area contributed by atoms with Crippen molar-refractivity contribution in [2.75, 3.05) is 18.1 Å². The minimum absolute atomic E-state index is 0.0758. The molecule has 0 atom stereocenters. The zero-order valence-corrected chi connectivity index (χ0v) is 22.4. The third-order valence-corrected chi connectivity index (χ3v) is 6.30. The third kappa shape index (κ3) is 7.37. The molecule has 1 heterocycles. The van der Waals surface area contributed by atoms with E-state index in [4.69, 9.17) is 4.74 Å². The Balaban J connectivity index is 1.53. The number of hydrogen-bond donors (Lipinski definition) is 3. The Bertz CT molecular complexity index is 1460. The summed E-state index contributed by atoms with van der Waals surface area (Å²) in [5.74, 6) is 0.947. The van der Waals surface area contributed by atoms with Gasteiger partial charge in [0.15, 0.2) is 11.5 Å². The highest BCUT2D eigenvalue weighted by atomic mass is 16.5. The molecule has 0 radical (unpaired) electrons. The number of para-hydroxylation sites is 1. The van der Waals surface area contributed by atoms with Gasteiger partial charge >= 0.3 is 11.7 Å². The first-order valence-corrected chi connectivity index (χ1v) is 13.3. The summed E-state index contributed by atoms with van der Waals surface area (Å²) in [7, 11) is 0. The lowest BCUT2D eigenvalue weighted by atomic mass is 10.1. The number of aromatic hydroxyl groups is 1. The standard InChI is InChI=1S/C30H33N5O5/c1-2-3-4-8-20-34(30(38)39)28-27(29(37)35(33-28)24-9-6-5-7-10-24)32-31-23-13-11-22(12-14-23)19-21-40-26-17-15-25(36)16-18-26/h5-7,9-18,33,36H,2-4,8,19-21H2,1H3,(H,38,39). The molecule has 4 rings (SSSR count). The van der Waals surface area contributed by atoms with Crippen LogP contribution in [0.5, 0.6) is 11.5 Å². The van der Waals surface area contributed by atoms with Crippen LogP contribution in [0, 0.1) is 0 Å². The number of benzene rings is 3. The van der Waals surface area contributed by atoms with Crippen molar-refractivity contribution in [1.82, 2.24) is 9.78 Å². The summed E-state index contributed by atoms with van der Waals surface area (Å²) >= 11 is 0. The number of aromatic amines is 1. The van der Waals surface area contributed by atoms with Crippen molar-refractivity contribution < 1.29 is 19.7 Å². The number of phenolic OH excluding ortho intramolecular Hbond substituents is 1. The van der Waals surface area contributed by atoms with Crippen molar-refractivity contribution in [3.05, 3.63) is 94.8 Å². The Morgan fingerprint density at radius 1 is 0.950 bits per heavy atom. The minimum atomic E-state index is -1.17. The van der Waals surface area contributed by atoms with Crippen LogP contribution in [0.1, 0.15) is 38.2 Å². The summed E-state index contributed by atoms with van der Waals surface area (Å²) in [6, 6.07) is 22.8. The van der Waals surface area contributed by atoms with Crippen molar-refractivity contribution in [3.63, 3.8) is 0 Å². The summed E-state index contributed by atoms with van der Waals surface area (Å²) in [5, 5.41) is 30.7. The second-order valence-electron chi connectivity index (χ2n) is 9.24. The predicted octanol–water partition coefficient (Wildman–Crippen LogP) is 6.97. The predicted molar refractivity (Wildman–Crippen MR) is 154 cm³/mol. The average molecular weight is 544 g/mol. The number of rotatable bonds is 13. The highest BCUT2D eigenvalue weighted by Crippen LogP contribution is 2.27. The van der Waals surface area contributed by atoms with E-state index in [0.717, 1.165) is 29.7 Å². The van der Waals surface area contributed by atoms with E-state index in [1.807, 2.05) is 18.2 Å². The molecule has 0 spiro atoms. The molecule has 3 aromatic carbocycles. The molecule has 0 bridgehead atoms. The Morgan fingerprint density at radius 2 is 1.68 bits per heavy atom. The summed E-state index contributed by atoms with van der Waals surface area (Å²) < 4.78 is 6.98. The number of ether oxygens (including phenoxy) is 1. The van der Waals surface area contributed by atoms with E-state index in [1.165, 1.54) is 4.68 Å². The van der Waals surface area contributed by atoms with Gasteiger partial charge in [-0.2, -0.15) is 5.11 Å². The highest BCUT2D eigenvalue weighted by Gasteiger charge is 2.24. The van der Waals surface area contributed by atoms with Gasteiger partial charge in [-0.15, -0.1) is 5.11 Å². The molecular formula is C30H33N5O5. The Hall–Kier alpha value is -4.86. The Kier molecular flexibility index (Phi) is 9.71. The van der Waals surface area contributed by atoms with Crippen LogP contribution in [0.2, 0.25) is 0 Å². The molecule has 4 aromatic rings. The topological polar surface area (TPSA) is 133 Å². The average Bonchev–Trinajstić information content (AvgIpc) is 3.29. The van der Waals surface area contributed by atoms with Crippen LogP contribution in [0.15, 0.2) is 93.9 Å². The number of anilines is 1. The fourth-order valence-electron chi connectivity index (χ4n) is 4.12. The molecule has 1 amide bonds. The maximum atomic E-state index is 13.4. The number of hydrogen-bond acceptors (Lipinski definition) is 6. The number of unbranched alkanes of at least 4 members (excludes halogenated alkanes) is 3. The maximum absolute atomic E-state index is 13.4. The second-order valence-corrected chi connectivity index (χ2v) is 9.24. The van der Waals surface area contributed by atoms with Crippen LogP contribution in [0.25, 0.3) is 5.69 Å². The van der Waals surface area contributed by atoms with Crippen molar-refractivity contribution in [2.45, 2.75) is 39.0 Å². The van der Waals surface area contributed by atoms with Gasteiger partial charge in [0.2, 0.25) is 0 Å². The number of nitrogens with zero attached hydrogens (tertiary/aromatic N) is 4. The monoisotopic (exact) mass is 543 g/mol. The van der Waals surface area contributed by atoms with Crippen molar-refractivity contribution >= 4 is 23.3 Å². The lowest BCUT2D eigenvalue weighted by Gasteiger charge is -2.17. The van der Waals surface area contributed by atoms with Crippen LogP contribution in [-0.2, 0) is 6.42 Å². The highest BCUT2D eigenvalue weighted by molar-refractivity contribution is 5.88. The van der Waals surface area contributed by atoms with Gasteiger partial charge in [-0.05, 0) is 60.5 Å². The normalized spacial score (nSPS) is 11.1. The molecule has 1 aromatic heterocycles. The first-order valence-electron chi connectivity index (χ1n) is 13.3. The molecule has 0 unspecified atom stereocenters. The molecular weight excluding hydrogens is 510 g/mol. The number of aromatic nitrogens is 2. The van der Waals surface area contributed by atoms with E-state index < -0.39 is 11.7 Å². The lowest BCUT2D eigenvalue weighted by Crippen LogP contribution is -2.30. The molecule has 0 saturated heterocycles. The first kappa shape index (κ1) is 28.2. The van der Waals surface area contributed by atoms with Crippen LogP contribution in [0.3, 0.4) is 0 Å². The largest absolute Gasteiger partial charge is 0.508 e. The summed E-state index contributed by atoms with van der Waals surface area (Å²) in [6.45, 7) is 2.78. The first-order chi connectivity index (χ1) is 19.5. The van der Waals surface area contributed by atoms with Gasteiger partial charge in [0.1, 0.15) is 11.5 Å². The molecule has 10 nitrogen and oxygen atoms in total. The molecule has 40 heavy (non-hydrogen) atoms. The molecule has 0 saturated carbocycles. The van der Waals surface area contributed by atoms with E-state index in [1.54, 1.807) is 60.7 Å². The number of carboxylic acid groups (broad SMARTS) is 1. The summed E-state index contributed by atoms with van der Waals surface area (Å²) in [4.78, 5) is 26.7. The number of carbonyl (C=O) groups is 1. The van der Waals surface area contributed by atoms with Gasteiger partial charge in [-0.3, -0.25) is 14.8 Å². The van der Waals surface area contributed by atoms with E-state index in [2.05, 4.69) is 22.3 Å². The maximum Gasteiger partial charge on any atom is 0.413 e. The van der Waals surface area contributed by atoms with Gasteiger partial charge in [0.25, 0.3) is 0 Å². The fourth-order valence-corrected chi connectivity index (χ4v) is 4.12. The van der Waals surface area contributed by atoms with Crippen molar-refractivity contribution in [1.29, 1.82) is 0 Å². The van der Waals surface area contributed by atoms with Gasteiger partial charge < -0.3 is 14.9 Å². The number of amides is 1. The molecule has 0 aliphatic heterocycles. The SMILES string of the molecule is CCCCCCN(C(=O)O)c1[nH]n(-c2ccccc2)c(=O)c1N=Nc1ccc(CCOc2ccc(O)cc2)cc1. The zero-order valence-electron chi connectivity index (χ0n) is 22.4. The molecule has 0 aliphatic carbocycles. The van der Waals surface area contributed by atoms with Crippen molar-refractivity contribution in [2.24, 2.45) is 10.2 Å². The minimum Gasteiger partial charge on any atom is -0.508 e. The Morgan fingerprint density at radius 3 is 2.35 bits per heavy atom. The summed E-state index contributed by atoms with van der Waals surface area (Å²) in [6.07, 6.45) is 3.06. The van der Waals surface area contributed by atoms with E-state index in [-0.39, 0.29) is 23.8 Å². The summed E-state index contributed by atoms with van der Waals surface area (Å²) in [5.41, 5.74) is 1.53. The quantitative estimate of drug-likeness (QED) is 0.124. The Labute approximate surface area is 232 Å². The fraction of sp³-hybridized carbons (Fsp3) is 0.267. The third-order valence-electron chi connectivity index (χ3n) is 6.30. The molecule has 0 fully saturated rings. The number of H-pyrrole nitrogens is 1. The van der Waals surface area contributed by atoms with Gasteiger partial charge in [0, 0.05) is 13.0 Å². The van der Waals surface area contributed by atoms with Crippen LogP contribution >= 0.6 is 0 Å². The van der Waals surface area contributed by atoms with Crippen LogP contribution in [-0.4, -0.2) is 39.2 Å². The molecule has 3 N–H and O–H groups in total. The lowest BCUT2D eigenvalue weighted by molar-refractivity contribution is 0.201. The van der Waals surface area contributed by atoms with Crippen molar-refractivity contribution in [3.8, 4) is 17.2 Å². The van der Waals surface area contributed by atoms with Gasteiger partial charge in [-0.1, -0.05) is 56.5 Å². The molecule has 208 valence electrons. The number of azo groups is 1. The van der Waals surface area contributed by atoms with Crippen LogP contribution < -0.4 is 15.2 Å². The number of phenols is 1. The van der Waals surface area contributed by atoms with E-state index >= 15 is 0 Å². The second kappa shape index (κ2) is 13.8. The van der Waals surface area contributed by atoms with E-state index in [0.29, 0.717) is 36.6 Å². The zero-order chi connectivity index (χ0) is 28.3. The van der Waals surface area contributed by atoms with Gasteiger partial charge in [-0.25, -0.2) is 9.48 Å². The van der Waals surface area contributed by atoms with Gasteiger partial charge in [0.05, 0.1) is 18.0 Å².